The van der Waals surface area contributed by atoms with Gasteiger partial charge in [-0.2, -0.15) is 0 Å². The topological polar surface area (TPSA) is 92.4 Å². The molecule has 2 N–H and O–H groups in total. The Labute approximate surface area is 139 Å². The van der Waals surface area contributed by atoms with Crippen molar-refractivity contribution in [3.8, 4) is 5.75 Å². The highest BCUT2D eigenvalue weighted by Crippen LogP contribution is 2.25. The summed E-state index contributed by atoms with van der Waals surface area (Å²) in [6, 6.07) is 5.03. The van der Waals surface area contributed by atoms with Gasteiger partial charge in [0.25, 0.3) is 5.56 Å². The van der Waals surface area contributed by atoms with E-state index in [0.29, 0.717) is 11.1 Å². The number of rotatable bonds is 3. The van der Waals surface area contributed by atoms with Crippen molar-refractivity contribution in [1.82, 2.24) is 9.55 Å². The van der Waals surface area contributed by atoms with Crippen molar-refractivity contribution in [3.05, 3.63) is 69.1 Å². The Morgan fingerprint density at radius 2 is 1.92 bits per heavy atom. The second-order valence-electron chi connectivity index (χ2n) is 5.53. The number of aryl methyl sites for hydroxylation is 1. The minimum Gasteiger partial charge on any atom is -0.505 e. The van der Waals surface area contributed by atoms with Gasteiger partial charge in [0.15, 0.2) is 22.9 Å². The number of carbonyl (C=O) groups is 1. The molecule has 6 nitrogen and oxygen atoms in total. The van der Waals surface area contributed by atoms with E-state index in [1.807, 2.05) is 0 Å². The SMILES string of the molecule is Cn1c(=O)c(C(=O)O)c(O)c2ncc(Cc3ccc(F)c(F)c3)cc21. The van der Waals surface area contributed by atoms with Gasteiger partial charge in [-0.25, -0.2) is 13.6 Å². The molecule has 0 aliphatic carbocycles. The average molecular weight is 346 g/mol. The van der Waals surface area contributed by atoms with Crippen LogP contribution >= 0.6 is 0 Å². The van der Waals surface area contributed by atoms with Crippen molar-refractivity contribution in [2.75, 3.05) is 0 Å². The number of nitrogens with zero attached hydrogens (tertiary/aromatic N) is 2. The van der Waals surface area contributed by atoms with Crippen molar-refractivity contribution < 1.29 is 23.8 Å². The Hall–Kier alpha value is -3.29. The highest BCUT2D eigenvalue weighted by Gasteiger charge is 2.21. The number of carboxylic acid groups (broad SMARTS) is 1. The molecule has 0 spiro atoms. The number of pyridine rings is 2. The summed E-state index contributed by atoms with van der Waals surface area (Å²) in [7, 11) is 1.36. The van der Waals surface area contributed by atoms with Crippen molar-refractivity contribution in [3.63, 3.8) is 0 Å². The van der Waals surface area contributed by atoms with Crippen LogP contribution in [0.25, 0.3) is 11.0 Å². The minimum atomic E-state index is -1.55. The van der Waals surface area contributed by atoms with Crippen LogP contribution in [0.15, 0.2) is 35.3 Å². The minimum absolute atomic E-state index is 0.0338. The molecule has 1 aromatic carbocycles. The summed E-state index contributed by atoms with van der Waals surface area (Å²) in [6.45, 7) is 0. The first-order valence-electron chi connectivity index (χ1n) is 7.17. The number of benzene rings is 1. The molecular weight excluding hydrogens is 334 g/mol. The zero-order chi connectivity index (χ0) is 18.3. The Bertz CT molecular complexity index is 1080. The number of aromatic hydroxyl groups is 1. The van der Waals surface area contributed by atoms with Gasteiger partial charge in [0.05, 0.1) is 5.52 Å². The molecule has 3 aromatic rings. The Kier molecular flexibility index (Phi) is 3.96. The lowest BCUT2D eigenvalue weighted by atomic mass is 10.1. The lowest BCUT2D eigenvalue weighted by Crippen LogP contribution is -2.25. The van der Waals surface area contributed by atoms with Crippen LogP contribution in [0.5, 0.6) is 5.75 Å². The first-order valence-corrected chi connectivity index (χ1v) is 7.17. The van der Waals surface area contributed by atoms with E-state index >= 15 is 0 Å². The van der Waals surface area contributed by atoms with Gasteiger partial charge < -0.3 is 14.8 Å². The van der Waals surface area contributed by atoms with Crippen LogP contribution in [0, 0.1) is 11.6 Å². The van der Waals surface area contributed by atoms with Crippen LogP contribution in [0.4, 0.5) is 8.78 Å². The quantitative estimate of drug-likeness (QED) is 0.758. The maximum Gasteiger partial charge on any atom is 0.345 e. The van der Waals surface area contributed by atoms with E-state index in [1.165, 1.54) is 25.4 Å². The van der Waals surface area contributed by atoms with Crippen molar-refractivity contribution in [2.24, 2.45) is 7.05 Å². The number of hydrogen-bond acceptors (Lipinski definition) is 4. The Morgan fingerprint density at radius 3 is 2.56 bits per heavy atom. The van der Waals surface area contributed by atoms with E-state index in [-0.39, 0.29) is 17.5 Å². The molecule has 0 unspecified atom stereocenters. The van der Waals surface area contributed by atoms with Crippen LogP contribution in [0.3, 0.4) is 0 Å². The molecule has 3 rings (SSSR count). The van der Waals surface area contributed by atoms with Gasteiger partial charge in [-0.1, -0.05) is 6.07 Å². The normalized spacial score (nSPS) is 11.0. The number of hydrogen-bond donors (Lipinski definition) is 2. The third-order valence-corrected chi connectivity index (χ3v) is 3.87. The lowest BCUT2D eigenvalue weighted by Gasteiger charge is -2.10. The van der Waals surface area contributed by atoms with Gasteiger partial charge in [0.1, 0.15) is 5.52 Å². The van der Waals surface area contributed by atoms with Crippen molar-refractivity contribution in [2.45, 2.75) is 6.42 Å². The molecule has 25 heavy (non-hydrogen) atoms. The Morgan fingerprint density at radius 1 is 1.20 bits per heavy atom. The summed E-state index contributed by atoms with van der Waals surface area (Å²) in [4.78, 5) is 27.3. The number of fused-ring (bicyclic) bond motifs is 1. The van der Waals surface area contributed by atoms with E-state index < -0.39 is 34.5 Å². The van der Waals surface area contributed by atoms with E-state index in [9.17, 15) is 23.5 Å². The fraction of sp³-hybridized carbons (Fsp3) is 0.118. The van der Waals surface area contributed by atoms with E-state index in [1.54, 1.807) is 0 Å². The zero-order valence-corrected chi connectivity index (χ0v) is 13.0. The third-order valence-electron chi connectivity index (χ3n) is 3.87. The standard InChI is InChI=1S/C17H12F2N2O4/c1-21-12-6-9(4-8-2-3-10(18)11(19)5-8)7-20-14(12)15(22)13(16(21)23)17(24)25/h2-3,5-7,22H,4H2,1H3,(H,24,25). The first kappa shape index (κ1) is 16.6. The lowest BCUT2D eigenvalue weighted by molar-refractivity contribution is 0.0691. The molecule has 0 aliphatic rings. The van der Waals surface area contributed by atoms with Gasteiger partial charge in [0, 0.05) is 13.2 Å². The molecule has 0 bridgehead atoms. The number of carboxylic acids is 1. The predicted octanol–water partition coefficient (Wildman–Crippen LogP) is 2.21. The van der Waals surface area contributed by atoms with Crippen LogP contribution in [0.1, 0.15) is 21.5 Å². The fourth-order valence-electron chi connectivity index (χ4n) is 2.60. The number of aromatic nitrogens is 2. The van der Waals surface area contributed by atoms with E-state index in [2.05, 4.69) is 4.98 Å². The van der Waals surface area contributed by atoms with Crippen molar-refractivity contribution in [1.29, 1.82) is 0 Å². The second-order valence-corrected chi connectivity index (χ2v) is 5.53. The smallest absolute Gasteiger partial charge is 0.345 e. The van der Waals surface area contributed by atoms with Gasteiger partial charge in [-0.3, -0.25) is 9.78 Å². The van der Waals surface area contributed by atoms with Gasteiger partial charge in [-0.05, 0) is 35.7 Å². The third kappa shape index (κ3) is 2.82. The molecule has 0 atom stereocenters. The molecule has 0 amide bonds. The summed E-state index contributed by atoms with van der Waals surface area (Å²) in [6.07, 6.45) is 1.59. The molecule has 128 valence electrons. The fourth-order valence-corrected chi connectivity index (χ4v) is 2.60. The maximum absolute atomic E-state index is 13.3. The molecular formula is C17H12F2N2O4. The van der Waals surface area contributed by atoms with Gasteiger partial charge >= 0.3 is 5.97 Å². The van der Waals surface area contributed by atoms with Crippen LogP contribution in [-0.2, 0) is 13.5 Å². The molecule has 2 heterocycles. The highest BCUT2D eigenvalue weighted by atomic mass is 19.2. The maximum atomic E-state index is 13.3. The monoisotopic (exact) mass is 346 g/mol. The summed E-state index contributed by atoms with van der Waals surface area (Å²) in [5.74, 6) is -4.17. The second kappa shape index (κ2) is 5.97. The van der Waals surface area contributed by atoms with Crippen LogP contribution in [-0.4, -0.2) is 25.7 Å². The molecule has 2 aromatic heterocycles. The average Bonchev–Trinajstić information content (AvgIpc) is 2.56. The van der Waals surface area contributed by atoms with Crippen LogP contribution in [0.2, 0.25) is 0 Å². The molecule has 8 heteroatoms. The predicted molar refractivity (Wildman–Crippen MR) is 84.8 cm³/mol. The number of aromatic carboxylic acids is 1. The molecule has 0 radical (unpaired) electrons. The summed E-state index contributed by atoms with van der Waals surface area (Å²) >= 11 is 0. The zero-order valence-electron chi connectivity index (χ0n) is 13.0. The highest BCUT2D eigenvalue weighted by molar-refractivity contribution is 5.97. The summed E-state index contributed by atoms with van der Waals surface area (Å²) in [5, 5.41) is 19.1. The molecule has 0 saturated heterocycles. The largest absolute Gasteiger partial charge is 0.505 e. The van der Waals surface area contributed by atoms with Gasteiger partial charge in [-0.15, -0.1) is 0 Å². The molecule has 0 saturated carbocycles. The van der Waals surface area contributed by atoms with E-state index in [4.69, 9.17) is 5.11 Å². The Balaban J connectivity index is 2.13. The van der Waals surface area contributed by atoms with Gasteiger partial charge in [0.2, 0.25) is 0 Å². The molecule has 0 fully saturated rings. The summed E-state index contributed by atoms with van der Waals surface area (Å²) < 4.78 is 27.4. The van der Waals surface area contributed by atoms with E-state index in [0.717, 1.165) is 16.7 Å². The van der Waals surface area contributed by atoms with Crippen molar-refractivity contribution >= 4 is 17.0 Å². The molecule has 0 aliphatic heterocycles. The number of halogens is 2. The summed E-state index contributed by atoms with van der Waals surface area (Å²) in [5.41, 5.74) is -0.353. The van der Waals surface area contributed by atoms with Crippen LogP contribution < -0.4 is 5.56 Å². The first-order chi connectivity index (χ1) is 11.8.